The number of piperidine rings is 1. The summed E-state index contributed by atoms with van der Waals surface area (Å²) in [5.41, 5.74) is 1.72. The van der Waals surface area contributed by atoms with Crippen LogP contribution in [0, 0.1) is 12.7 Å². The number of halogens is 3. The van der Waals surface area contributed by atoms with Crippen LogP contribution in [0.2, 0.25) is 0 Å². The molecule has 6 nitrogen and oxygen atoms in total. The van der Waals surface area contributed by atoms with Crippen molar-refractivity contribution in [2.24, 2.45) is 0 Å². The lowest BCUT2D eigenvalue weighted by molar-refractivity contribution is 0.145. The summed E-state index contributed by atoms with van der Waals surface area (Å²) in [5.74, 6) is -0.515. The number of aliphatic hydroxyl groups is 1. The normalized spacial score (nSPS) is 15.2. The first-order valence-corrected chi connectivity index (χ1v) is 9.79. The van der Waals surface area contributed by atoms with Gasteiger partial charge in [-0.15, -0.1) is 5.10 Å². The number of benzene rings is 1. The van der Waals surface area contributed by atoms with Crippen LogP contribution in [0.1, 0.15) is 36.1 Å². The molecule has 2 N–H and O–H groups in total. The molecule has 0 bridgehead atoms. The van der Waals surface area contributed by atoms with Crippen molar-refractivity contribution in [3.63, 3.8) is 0 Å². The van der Waals surface area contributed by atoms with Gasteiger partial charge in [-0.1, -0.05) is 18.2 Å². The second-order valence-electron chi connectivity index (χ2n) is 7.42. The molecule has 0 aliphatic carbocycles. The first-order chi connectivity index (χ1) is 14.4. The topological polar surface area (TPSA) is 74.2 Å². The van der Waals surface area contributed by atoms with Gasteiger partial charge in [0.05, 0.1) is 34.8 Å². The Balaban J connectivity index is 1.63. The Morgan fingerprint density at radius 1 is 1.23 bits per heavy atom. The second kappa shape index (κ2) is 8.43. The number of alkyl halides is 2. The van der Waals surface area contributed by atoms with E-state index in [1.807, 2.05) is 6.07 Å². The van der Waals surface area contributed by atoms with E-state index < -0.39 is 17.8 Å². The summed E-state index contributed by atoms with van der Waals surface area (Å²) in [6, 6.07) is 5.89. The van der Waals surface area contributed by atoms with Crippen molar-refractivity contribution in [1.29, 1.82) is 0 Å². The fraction of sp³-hybridized carbons (Fsp3) is 0.381. The fourth-order valence-corrected chi connectivity index (χ4v) is 3.66. The predicted molar refractivity (Wildman–Crippen MR) is 108 cm³/mol. The van der Waals surface area contributed by atoms with Crippen LogP contribution in [0.5, 0.6) is 0 Å². The molecule has 1 aromatic carbocycles. The zero-order valence-corrected chi connectivity index (χ0v) is 16.4. The van der Waals surface area contributed by atoms with E-state index in [9.17, 15) is 18.3 Å². The zero-order chi connectivity index (χ0) is 21.3. The number of nitrogens with zero attached hydrogens (tertiary/aromatic N) is 4. The van der Waals surface area contributed by atoms with Crippen LogP contribution >= 0.6 is 0 Å². The molecule has 158 valence electrons. The van der Waals surface area contributed by atoms with Gasteiger partial charge in [0.25, 0.3) is 6.43 Å². The first kappa shape index (κ1) is 20.3. The summed E-state index contributed by atoms with van der Waals surface area (Å²) in [6.45, 7) is 3.23. The Labute approximate surface area is 171 Å². The van der Waals surface area contributed by atoms with E-state index in [-0.39, 0.29) is 18.2 Å². The molecule has 0 radical (unpaired) electrons. The maximum absolute atomic E-state index is 14.3. The van der Waals surface area contributed by atoms with E-state index in [4.69, 9.17) is 0 Å². The number of aromatic nitrogens is 3. The van der Waals surface area contributed by atoms with Gasteiger partial charge >= 0.3 is 0 Å². The average molecular weight is 417 g/mol. The fourth-order valence-electron chi connectivity index (χ4n) is 3.66. The molecule has 0 unspecified atom stereocenters. The number of rotatable bonds is 5. The number of anilines is 2. The number of pyridine rings is 1. The van der Waals surface area contributed by atoms with E-state index in [1.165, 1.54) is 12.1 Å². The highest BCUT2D eigenvalue weighted by Crippen LogP contribution is 2.29. The molecule has 3 heterocycles. The monoisotopic (exact) mass is 417 g/mol. The summed E-state index contributed by atoms with van der Waals surface area (Å²) < 4.78 is 40.3. The smallest absolute Gasteiger partial charge is 0.266 e. The number of hydrogen-bond acceptors (Lipinski definition) is 6. The SMILES string of the molecule is Cc1nnc(NCc2cccc(C(F)F)c2F)c2cc(N3CCC(O)CC3)cnc12. The minimum absolute atomic E-state index is 0.0145. The molecule has 30 heavy (non-hydrogen) atoms. The quantitative estimate of drug-likeness (QED) is 0.654. The van der Waals surface area contributed by atoms with Crippen LogP contribution in [0.15, 0.2) is 30.5 Å². The lowest BCUT2D eigenvalue weighted by Gasteiger charge is -2.31. The third kappa shape index (κ3) is 4.02. The molecule has 2 aromatic heterocycles. The first-order valence-electron chi connectivity index (χ1n) is 9.79. The van der Waals surface area contributed by atoms with Crippen molar-refractivity contribution in [3.05, 3.63) is 53.1 Å². The summed E-state index contributed by atoms with van der Waals surface area (Å²) in [5, 5.41) is 21.8. The van der Waals surface area contributed by atoms with Gasteiger partial charge in [0.15, 0.2) is 5.82 Å². The summed E-state index contributed by atoms with van der Waals surface area (Å²) in [7, 11) is 0. The Morgan fingerprint density at radius 3 is 2.73 bits per heavy atom. The molecule has 1 aliphatic rings. The van der Waals surface area contributed by atoms with Gasteiger partial charge in [-0.25, -0.2) is 13.2 Å². The van der Waals surface area contributed by atoms with Crippen molar-refractivity contribution < 1.29 is 18.3 Å². The molecule has 4 rings (SSSR count). The van der Waals surface area contributed by atoms with E-state index in [0.717, 1.165) is 30.2 Å². The summed E-state index contributed by atoms with van der Waals surface area (Å²) in [6.07, 6.45) is -0.00390. The van der Waals surface area contributed by atoms with Crippen LogP contribution in [-0.2, 0) is 6.54 Å². The summed E-state index contributed by atoms with van der Waals surface area (Å²) >= 11 is 0. The Bertz CT molecular complexity index is 1050. The van der Waals surface area contributed by atoms with Crippen LogP contribution in [0.4, 0.5) is 24.7 Å². The molecular weight excluding hydrogens is 395 g/mol. The maximum atomic E-state index is 14.3. The van der Waals surface area contributed by atoms with Crippen LogP contribution in [-0.4, -0.2) is 39.5 Å². The number of fused-ring (bicyclic) bond motifs is 1. The summed E-state index contributed by atoms with van der Waals surface area (Å²) in [4.78, 5) is 6.67. The van der Waals surface area contributed by atoms with Gasteiger partial charge in [-0.3, -0.25) is 4.98 Å². The van der Waals surface area contributed by atoms with E-state index in [0.29, 0.717) is 29.9 Å². The second-order valence-corrected chi connectivity index (χ2v) is 7.42. The lowest BCUT2D eigenvalue weighted by Crippen LogP contribution is -2.35. The van der Waals surface area contributed by atoms with Crippen LogP contribution in [0.25, 0.3) is 10.9 Å². The largest absolute Gasteiger partial charge is 0.393 e. The van der Waals surface area contributed by atoms with Gasteiger partial charge in [0, 0.05) is 30.6 Å². The van der Waals surface area contributed by atoms with Crippen molar-refractivity contribution in [1.82, 2.24) is 15.2 Å². The standard InChI is InChI=1S/C21H22F3N5O/c1-12-19-17(9-14(11-25-19)29-7-5-15(30)6-8-29)21(28-27-12)26-10-13-3-2-4-16(18(13)22)20(23)24/h2-4,9,11,15,20,30H,5-8,10H2,1H3,(H,26,28). The van der Waals surface area contributed by atoms with Crippen molar-refractivity contribution in [3.8, 4) is 0 Å². The number of aliphatic hydroxyl groups excluding tert-OH is 1. The Morgan fingerprint density at radius 2 is 2.00 bits per heavy atom. The van der Waals surface area contributed by atoms with Crippen molar-refractivity contribution >= 4 is 22.4 Å². The van der Waals surface area contributed by atoms with Crippen LogP contribution in [0.3, 0.4) is 0 Å². The predicted octanol–water partition coefficient (Wildman–Crippen LogP) is 3.98. The molecule has 0 amide bonds. The highest BCUT2D eigenvalue weighted by Gasteiger charge is 2.20. The van der Waals surface area contributed by atoms with Gasteiger partial charge in [0.1, 0.15) is 5.82 Å². The molecular formula is C21H22F3N5O. The molecule has 9 heteroatoms. The minimum atomic E-state index is -2.88. The van der Waals surface area contributed by atoms with Crippen molar-refractivity contribution in [2.75, 3.05) is 23.3 Å². The van der Waals surface area contributed by atoms with Gasteiger partial charge in [0.2, 0.25) is 0 Å². The number of nitrogens with one attached hydrogen (secondary N) is 1. The maximum Gasteiger partial charge on any atom is 0.266 e. The average Bonchev–Trinajstić information content (AvgIpc) is 2.74. The zero-order valence-electron chi connectivity index (χ0n) is 16.4. The molecule has 1 fully saturated rings. The third-order valence-corrected chi connectivity index (χ3v) is 5.39. The Kier molecular flexibility index (Phi) is 5.72. The molecule has 1 saturated heterocycles. The van der Waals surface area contributed by atoms with Gasteiger partial charge in [-0.05, 0) is 25.8 Å². The van der Waals surface area contributed by atoms with Crippen LogP contribution < -0.4 is 10.2 Å². The van der Waals surface area contributed by atoms with E-state index in [1.54, 1.807) is 13.1 Å². The highest BCUT2D eigenvalue weighted by atomic mass is 19.3. The molecule has 3 aromatic rings. The number of aryl methyl sites for hydroxylation is 1. The number of hydrogen-bond donors (Lipinski definition) is 2. The van der Waals surface area contributed by atoms with Gasteiger partial charge < -0.3 is 15.3 Å². The molecule has 1 aliphatic heterocycles. The minimum Gasteiger partial charge on any atom is -0.393 e. The third-order valence-electron chi connectivity index (χ3n) is 5.39. The highest BCUT2D eigenvalue weighted by molar-refractivity contribution is 5.92. The lowest BCUT2D eigenvalue weighted by atomic mass is 10.1. The van der Waals surface area contributed by atoms with E-state index >= 15 is 0 Å². The van der Waals surface area contributed by atoms with E-state index in [2.05, 4.69) is 25.4 Å². The Hall–Kier alpha value is -2.94. The molecule has 0 saturated carbocycles. The van der Waals surface area contributed by atoms with Gasteiger partial charge in [-0.2, -0.15) is 5.10 Å². The molecule has 0 atom stereocenters. The molecule has 0 spiro atoms. The van der Waals surface area contributed by atoms with Crippen molar-refractivity contribution in [2.45, 2.75) is 38.8 Å².